The highest BCUT2D eigenvalue weighted by molar-refractivity contribution is 6.30. The van der Waals surface area contributed by atoms with Crippen LogP contribution in [0, 0.1) is 6.92 Å². The third-order valence-electron chi connectivity index (χ3n) is 3.78. The lowest BCUT2D eigenvalue weighted by atomic mass is 10.1. The van der Waals surface area contributed by atoms with Crippen LogP contribution in [0.3, 0.4) is 0 Å². The zero-order valence-corrected chi connectivity index (χ0v) is 12.9. The Morgan fingerprint density at radius 3 is 2.57 bits per heavy atom. The van der Waals surface area contributed by atoms with Crippen molar-refractivity contribution in [2.75, 3.05) is 18.0 Å². The Labute approximate surface area is 128 Å². The third kappa shape index (κ3) is 3.10. The summed E-state index contributed by atoms with van der Waals surface area (Å²) in [6, 6.07) is 3.60. The van der Waals surface area contributed by atoms with Crippen LogP contribution in [0.2, 0.25) is 5.02 Å². The van der Waals surface area contributed by atoms with E-state index in [1.54, 1.807) is 18.3 Å². The standard InChI is InChI=1S/C14H18ClN5O/c1-10-17-18-14(19(10)2)20-7-5-12(6-8-20)21-13-4-3-11(15)9-16-13/h3-4,9,12H,5-8H2,1-2H3. The molecule has 0 aliphatic carbocycles. The van der Waals surface area contributed by atoms with Crippen LogP contribution in [-0.2, 0) is 7.05 Å². The molecule has 0 N–H and O–H groups in total. The first kappa shape index (κ1) is 14.1. The summed E-state index contributed by atoms with van der Waals surface area (Å²) in [4.78, 5) is 6.42. The summed E-state index contributed by atoms with van der Waals surface area (Å²) in [5.74, 6) is 2.48. The molecule has 0 bridgehead atoms. The van der Waals surface area contributed by atoms with Crippen molar-refractivity contribution in [3.05, 3.63) is 29.2 Å². The molecule has 0 saturated carbocycles. The second kappa shape index (κ2) is 5.89. The number of pyridine rings is 1. The number of anilines is 1. The normalized spacial score (nSPS) is 16.2. The van der Waals surface area contributed by atoms with Crippen molar-refractivity contribution < 1.29 is 4.74 Å². The first-order valence-electron chi connectivity index (χ1n) is 7.02. The van der Waals surface area contributed by atoms with Crippen LogP contribution < -0.4 is 9.64 Å². The topological polar surface area (TPSA) is 56.1 Å². The van der Waals surface area contributed by atoms with Crippen molar-refractivity contribution in [1.82, 2.24) is 19.7 Å². The summed E-state index contributed by atoms with van der Waals surface area (Å²) in [7, 11) is 1.99. The molecular formula is C14H18ClN5O. The fraction of sp³-hybridized carbons (Fsp3) is 0.500. The minimum atomic E-state index is 0.184. The average Bonchev–Trinajstić information content (AvgIpc) is 2.83. The summed E-state index contributed by atoms with van der Waals surface area (Å²) in [6.07, 6.45) is 3.67. The first-order chi connectivity index (χ1) is 10.1. The zero-order chi connectivity index (χ0) is 14.8. The average molecular weight is 308 g/mol. The number of hydrogen-bond donors (Lipinski definition) is 0. The van der Waals surface area contributed by atoms with Gasteiger partial charge in [0.05, 0.1) is 5.02 Å². The third-order valence-corrected chi connectivity index (χ3v) is 4.01. The molecule has 0 radical (unpaired) electrons. The molecule has 2 aromatic heterocycles. The Morgan fingerprint density at radius 2 is 2.00 bits per heavy atom. The maximum Gasteiger partial charge on any atom is 0.226 e. The summed E-state index contributed by atoms with van der Waals surface area (Å²) >= 11 is 5.82. The fourth-order valence-corrected chi connectivity index (χ4v) is 2.56. The van der Waals surface area contributed by atoms with Crippen molar-refractivity contribution in [2.45, 2.75) is 25.9 Å². The number of rotatable bonds is 3. The van der Waals surface area contributed by atoms with Gasteiger partial charge in [0, 0.05) is 45.2 Å². The Kier molecular flexibility index (Phi) is 3.96. The maximum atomic E-state index is 5.89. The molecule has 21 heavy (non-hydrogen) atoms. The largest absolute Gasteiger partial charge is 0.474 e. The molecule has 6 nitrogen and oxygen atoms in total. The Bertz CT molecular complexity index is 604. The van der Waals surface area contributed by atoms with E-state index in [0.717, 1.165) is 37.7 Å². The van der Waals surface area contributed by atoms with Gasteiger partial charge in [-0.05, 0) is 13.0 Å². The summed E-state index contributed by atoms with van der Waals surface area (Å²) in [5, 5.41) is 8.95. The van der Waals surface area contributed by atoms with Gasteiger partial charge in [-0.25, -0.2) is 4.98 Å². The second-order valence-electron chi connectivity index (χ2n) is 5.23. The second-order valence-corrected chi connectivity index (χ2v) is 5.66. The van der Waals surface area contributed by atoms with Crippen molar-refractivity contribution in [2.24, 2.45) is 7.05 Å². The molecule has 0 spiro atoms. The minimum Gasteiger partial charge on any atom is -0.474 e. The molecule has 112 valence electrons. The summed E-state index contributed by atoms with van der Waals surface area (Å²) in [5.41, 5.74) is 0. The van der Waals surface area contributed by atoms with Gasteiger partial charge in [-0.2, -0.15) is 0 Å². The molecule has 1 aliphatic rings. The van der Waals surface area contributed by atoms with E-state index in [0.29, 0.717) is 10.9 Å². The van der Waals surface area contributed by atoms with Crippen LogP contribution in [0.5, 0.6) is 5.88 Å². The van der Waals surface area contributed by atoms with Gasteiger partial charge >= 0.3 is 0 Å². The molecule has 2 aromatic rings. The number of hydrogen-bond acceptors (Lipinski definition) is 5. The van der Waals surface area contributed by atoms with E-state index in [1.165, 1.54) is 0 Å². The SMILES string of the molecule is Cc1nnc(N2CCC(Oc3ccc(Cl)cn3)CC2)n1C. The van der Waals surface area contributed by atoms with Gasteiger partial charge < -0.3 is 14.2 Å². The molecule has 0 atom stereocenters. The number of aryl methyl sites for hydroxylation is 1. The van der Waals surface area contributed by atoms with Crippen LogP contribution >= 0.6 is 11.6 Å². The zero-order valence-electron chi connectivity index (χ0n) is 12.2. The van der Waals surface area contributed by atoms with E-state index in [1.807, 2.05) is 18.5 Å². The Hall–Kier alpha value is -1.82. The van der Waals surface area contributed by atoms with Gasteiger partial charge in [0.1, 0.15) is 11.9 Å². The van der Waals surface area contributed by atoms with Crippen molar-refractivity contribution in [1.29, 1.82) is 0 Å². The van der Waals surface area contributed by atoms with Crippen LogP contribution in [0.4, 0.5) is 5.95 Å². The van der Waals surface area contributed by atoms with Crippen molar-refractivity contribution in [3.8, 4) is 5.88 Å². The lowest BCUT2D eigenvalue weighted by molar-refractivity contribution is 0.163. The highest BCUT2D eigenvalue weighted by atomic mass is 35.5. The van der Waals surface area contributed by atoms with Gasteiger partial charge in [0.25, 0.3) is 0 Å². The quantitative estimate of drug-likeness (QED) is 0.870. The Balaban J connectivity index is 1.58. The van der Waals surface area contributed by atoms with Crippen LogP contribution in [0.25, 0.3) is 0 Å². The number of nitrogens with zero attached hydrogens (tertiary/aromatic N) is 5. The van der Waals surface area contributed by atoms with Crippen molar-refractivity contribution in [3.63, 3.8) is 0 Å². The Morgan fingerprint density at radius 1 is 1.24 bits per heavy atom. The summed E-state index contributed by atoms with van der Waals surface area (Å²) < 4.78 is 7.91. The van der Waals surface area contributed by atoms with Gasteiger partial charge in [0.2, 0.25) is 11.8 Å². The predicted molar refractivity (Wildman–Crippen MR) is 80.9 cm³/mol. The molecule has 1 fully saturated rings. The molecular weight excluding hydrogens is 290 g/mol. The minimum absolute atomic E-state index is 0.184. The van der Waals surface area contributed by atoms with E-state index in [-0.39, 0.29) is 6.10 Å². The lowest BCUT2D eigenvalue weighted by Crippen LogP contribution is -2.39. The van der Waals surface area contributed by atoms with Crippen LogP contribution in [0.15, 0.2) is 18.3 Å². The number of ether oxygens (including phenoxy) is 1. The molecule has 0 amide bonds. The van der Waals surface area contributed by atoms with E-state index in [9.17, 15) is 0 Å². The molecule has 0 aromatic carbocycles. The highest BCUT2D eigenvalue weighted by Gasteiger charge is 2.24. The monoisotopic (exact) mass is 307 g/mol. The van der Waals surface area contributed by atoms with Gasteiger partial charge in [-0.1, -0.05) is 11.6 Å². The molecule has 1 aliphatic heterocycles. The molecule has 3 heterocycles. The predicted octanol–water partition coefficient (Wildman–Crippen LogP) is 2.22. The summed E-state index contributed by atoms with van der Waals surface area (Å²) in [6.45, 7) is 3.77. The van der Waals surface area contributed by atoms with Crippen molar-refractivity contribution >= 4 is 17.5 Å². The van der Waals surface area contributed by atoms with Gasteiger partial charge in [-0.3, -0.25) is 0 Å². The van der Waals surface area contributed by atoms with E-state index >= 15 is 0 Å². The van der Waals surface area contributed by atoms with Gasteiger partial charge in [0.15, 0.2) is 0 Å². The van der Waals surface area contributed by atoms with Crippen LogP contribution in [0.1, 0.15) is 18.7 Å². The first-order valence-corrected chi connectivity index (χ1v) is 7.40. The van der Waals surface area contributed by atoms with E-state index in [2.05, 4.69) is 20.1 Å². The maximum absolute atomic E-state index is 5.89. The number of piperidine rings is 1. The van der Waals surface area contributed by atoms with E-state index in [4.69, 9.17) is 16.3 Å². The molecule has 0 unspecified atom stereocenters. The highest BCUT2D eigenvalue weighted by Crippen LogP contribution is 2.21. The number of halogens is 1. The number of aromatic nitrogens is 4. The molecule has 3 rings (SSSR count). The smallest absolute Gasteiger partial charge is 0.226 e. The fourth-order valence-electron chi connectivity index (χ4n) is 2.45. The van der Waals surface area contributed by atoms with Gasteiger partial charge in [-0.15, -0.1) is 10.2 Å². The van der Waals surface area contributed by atoms with E-state index < -0.39 is 0 Å². The molecule has 7 heteroatoms. The molecule has 1 saturated heterocycles. The van der Waals surface area contributed by atoms with Crippen LogP contribution in [-0.4, -0.2) is 38.9 Å². The lowest BCUT2D eigenvalue weighted by Gasteiger charge is -2.32.